The Labute approximate surface area is 160 Å². The molecule has 0 bridgehead atoms. The second-order valence-electron chi connectivity index (χ2n) is 6.82. The molecule has 1 heterocycles. The van der Waals surface area contributed by atoms with Crippen molar-refractivity contribution < 1.29 is 19.0 Å². The lowest BCUT2D eigenvalue weighted by Gasteiger charge is -2.32. The number of methoxy groups -OCH3 is 1. The van der Waals surface area contributed by atoms with Gasteiger partial charge in [0.25, 0.3) is 5.91 Å². The lowest BCUT2D eigenvalue weighted by atomic mass is 9.99. The third-order valence-corrected chi connectivity index (χ3v) is 4.74. The van der Waals surface area contributed by atoms with Crippen molar-refractivity contribution >= 4 is 5.91 Å². The topological polar surface area (TPSA) is 48.0 Å². The van der Waals surface area contributed by atoms with E-state index < -0.39 is 0 Å². The zero-order chi connectivity index (χ0) is 18.9. The second kappa shape index (κ2) is 9.97. The van der Waals surface area contributed by atoms with Crippen LogP contribution >= 0.6 is 0 Å². The maximum Gasteiger partial charge on any atom is 0.260 e. The summed E-state index contributed by atoms with van der Waals surface area (Å²) in [6.45, 7) is 2.86. The Bertz CT molecular complexity index is 719. The Balaban J connectivity index is 1.42. The number of hydrogen-bond acceptors (Lipinski definition) is 4. The fourth-order valence-electron chi connectivity index (χ4n) is 3.27. The van der Waals surface area contributed by atoms with Crippen LogP contribution in [0.3, 0.4) is 0 Å². The van der Waals surface area contributed by atoms with Gasteiger partial charge in [-0.3, -0.25) is 4.79 Å². The molecule has 0 radical (unpaired) electrons. The summed E-state index contributed by atoms with van der Waals surface area (Å²) in [5.74, 6) is 1.75. The van der Waals surface area contributed by atoms with Crippen molar-refractivity contribution in [2.24, 2.45) is 5.92 Å². The largest absolute Gasteiger partial charge is 0.497 e. The summed E-state index contributed by atoms with van der Waals surface area (Å²) >= 11 is 0. The van der Waals surface area contributed by atoms with Crippen molar-refractivity contribution in [3.63, 3.8) is 0 Å². The van der Waals surface area contributed by atoms with Gasteiger partial charge < -0.3 is 19.1 Å². The first kappa shape index (κ1) is 19.2. The number of carbonyl (C=O) groups is 1. The highest BCUT2D eigenvalue weighted by atomic mass is 16.5. The predicted octanol–water partition coefficient (Wildman–Crippen LogP) is 3.53. The van der Waals surface area contributed by atoms with Crippen LogP contribution in [0, 0.1) is 5.92 Å². The minimum absolute atomic E-state index is 0.0191. The number of piperidine rings is 1. The maximum absolute atomic E-state index is 12.5. The van der Waals surface area contributed by atoms with Gasteiger partial charge in [-0.25, -0.2) is 0 Å². The normalized spacial score (nSPS) is 16.8. The summed E-state index contributed by atoms with van der Waals surface area (Å²) < 4.78 is 16.7. The van der Waals surface area contributed by atoms with E-state index >= 15 is 0 Å². The fourth-order valence-corrected chi connectivity index (χ4v) is 3.27. The molecule has 1 atom stereocenters. The molecule has 0 N–H and O–H groups in total. The maximum atomic E-state index is 12.5. The zero-order valence-electron chi connectivity index (χ0n) is 15.8. The number of amides is 1. The Morgan fingerprint density at radius 1 is 1.11 bits per heavy atom. The fraction of sp³-hybridized carbons (Fsp3) is 0.409. The molecule has 1 amide bonds. The quantitative estimate of drug-likeness (QED) is 0.714. The molecule has 1 unspecified atom stereocenters. The number of rotatable bonds is 8. The molecule has 5 heteroatoms. The van der Waals surface area contributed by atoms with E-state index in [4.69, 9.17) is 14.2 Å². The minimum atomic E-state index is 0.0191. The predicted molar refractivity (Wildman–Crippen MR) is 104 cm³/mol. The van der Waals surface area contributed by atoms with Gasteiger partial charge in [-0.15, -0.1) is 0 Å². The van der Waals surface area contributed by atoms with Gasteiger partial charge in [-0.05, 0) is 36.5 Å². The average Bonchev–Trinajstić information content (AvgIpc) is 2.73. The van der Waals surface area contributed by atoms with Crippen LogP contribution < -0.4 is 9.47 Å². The van der Waals surface area contributed by atoms with Crippen molar-refractivity contribution in [2.75, 3.05) is 33.4 Å². The van der Waals surface area contributed by atoms with Crippen molar-refractivity contribution in [1.29, 1.82) is 0 Å². The first-order chi connectivity index (χ1) is 13.2. The van der Waals surface area contributed by atoms with Crippen molar-refractivity contribution in [3.8, 4) is 11.5 Å². The number of nitrogens with zero attached hydrogens (tertiary/aromatic N) is 1. The van der Waals surface area contributed by atoms with Crippen LogP contribution in [0.25, 0.3) is 0 Å². The van der Waals surface area contributed by atoms with E-state index in [1.54, 1.807) is 13.2 Å². The van der Waals surface area contributed by atoms with Gasteiger partial charge in [0.1, 0.15) is 11.5 Å². The molecule has 1 fully saturated rings. The molecule has 0 saturated carbocycles. The third kappa shape index (κ3) is 6.00. The lowest BCUT2D eigenvalue weighted by molar-refractivity contribution is -0.135. The molecule has 0 aromatic heterocycles. The number of ether oxygens (including phenoxy) is 3. The van der Waals surface area contributed by atoms with E-state index in [2.05, 4.69) is 12.1 Å². The van der Waals surface area contributed by atoms with Crippen LogP contribution in [0.15, 0.2) is 54.6 Å². The van der Waals surface area contributed by atoms with E-state index in [1.807, 2.05) is 41.3 Å². The van der Waals surface area contributed by atoms with E-state index in [0.29, 0.717) is 30.6 Å². The van der Waals surface area contributed by atoms with E-state index in [1.165, 1.54) is 5.56 Å². The second-order valence-corrected chi connectivity index (χ2v) is 6.82. The first-order valence-electron chi connectivity index (χ1n) is 9.41. The molecule has 2 aromatic carbocycles. The van der Waals surface area contributed by atoms with E-state index in [0.717, 1.165) is 25.9 Å². The first-order valence-corrected chi connectivity index (χ1v) is 9.41. The van der Waals surface area contributed by atoms with Gasteiger partial charge in [-0.2, -0.15) is 0 Å². The molecule has 3 rings (SSSR count). The summed E-state index contributed by atoms with van der Waals surface area (Å²) in [6.07, 6.45) is 2.10. The molecule has 1 aliphatic rings. The van der Waals surface area contributed by atoms with Gasteiger partial charge in [0.15, 0.2) is 6.61 Å². The molecule has 1 saturated heterocycles. The number of carbonyl (C=O) groups excluding carboxylic acids is 1. The number of likely N-dealkylation sites (tertiary alicyclic amines) is 1. The number of hydrogen-bond donors (Lipinski definition) is 0. The lowest BCUT2D eigenvalue weighted by Crippen LogP contribution is -2.43. The summed E-state index contributed by atoms with van der Waals surface area (Å²) in [5, 5.41) is 0. The molecule has 1 aliphatic heterocycles. The molecule has 0 aliphatic carbocycles. The SMILES string of the molecule is COc1cccc(OCC(=O)N2CCCC(COCc3ccccc3)C2)c1. The summed E-state index contributed by atoms with van der Waals surface area (Å²) in [4.78, 5) is 14.4. The molecule has 144 valence electrons. The molecular weight excluding hydrogens is 342 g/mol. The minimum Gasteiger partial charge on any atom is -0.497 e. The summed E-state index contributed by atoms with van der Waals surface area (Å²) in [6, 6.07) is 17.5. The highest BCUT2D eigenvalue weighted by Gasteiger charge is 2.24. The highest BCUT2D eigenvalue weighted by Crippen LogP contribution is 2.20. The molecule has 27 heavy (non-hydrogen) atoms. The van der Waals surface area contributed by atoms with Crippen LogP contribution in [0.2, 0.25) is 0 Å². The van der Waals surface area contributed by atoms with Gasteiger partial charge in [0, 0.05) is 19.2 Å². The summed E-state index contributed by atoms with van der Waals surface area (Å²) in [7, 11) is 1.61. The van der Waals surface area contributed by atoms with Crippen LogP contribution in [0.1, 0.15) is 18.4 Å². The Hall–Kier alpha value is -2.53. The zero-order valence-corrected chi connectivity index (χ0v) is 15.8. The van der Waals surface area contributed by atoms with Crippen LogP contribution in [-0.4, -0.2) is 44.2 Å². The van der Waals surface area contributed by atoms with Crippen molar-refractivity contribution in [3.05, 3.63) is 60.2 Å². The van der Waals surface area contributed by atoms with Crippen LogP contribution in [-0.2, 0) is 16.1 Å². The standard InChI is InChI=1S/C22H27NO4/c1-25-20-10-5-11-21(13-20)27-17-22(24)23-12-6-9-19(14-23)16-26-15-18-7-3-2-4-8-18/h2-5,7-8,10-11,13,19H,6,9,12,14-17H2,1H3. The van der Waals surface area contributed by atoms with Gasteiger partial charge >= 0.3 is 0 Å². The van der Waals surface area contributed by atoms with Crippen LogP contribution in [0.5, 0.6) is 11.5 Å². The van der Waals surface area contributed by atoms with Gasteiger partial charge in [-0.1, -0.05) is 36.4 Å². The van der Waals surface area contributed by atoms with Gasteiger partial charge in [0.05, 0.1) is 20.3 Å². The Morgan fingerprint density at radius 3 is 2.74 bits per heavy atom. The molecule has 2 aromatic rings. The van der Waals surface area contributed by atoms with E-state index in [9.17, 15) is 4.79 Å². The molecule has 0 spiro atoms. The highest BCUT2D eigenvalue weighted by molar-refractivity contribution is 5.77. The summed E-state index contributed by atoms with van der Waals surface area (Å²) in [5.41, 5.74) is 1.17. The monoisotopic (exact) mass is 369 g/mol. The molecular formula is C22H27NO4. The van der Waals surface area contributed by atoms with Gasteiger partial charge in [0.2, 0.25) is 0 Å². The number of benzene rings is 2. The Kier molecular flexibility index (Phi) is 7.11. The van der Waals surface area contributed by atoms with Crippen molar-refractivity contribution in [1.82, 2.24) is 4.90 Å². The smallest absolute Gasteiger partial charge is 0.260 e. The average molecular weight is 369 g/mol. The molecule has 5 nitrogen and oxygen atoms in total. The van der Waals surface area contributed by atoms with Crippen molar-refractivity contribution in [2.45, 2.75) is 19.4 Å². The van der Waals surface area contributed by atoms with Crippen LogP contribution in [0.4, 0.5) is 0 Å². The Morgan fingerprint density at radius 2 is 1.93 bits per heavy atom. The third-order valence-electron chi connectivity index (χ3n) is 4.74. The van der Waals surface area contributed by atoms with E-state index in [-0.39, 0.29) is 12.5 Å².